The Balaban J connectivity index is 1.89. The van der Waals surface area contributed by atoms with Gasteiger partial charge < -0.3 is 0 Å². The topological polar surface area (TPSA) is 46.0 Å². The first-order valence-electron chi connectivity index (χ1n) is 7.01. The van der Waals surface area contributed by atoms with E-state index in [1.165, 1.54) is 42.5 Å². The van der Waals surface area contributed by atoms with Crippen molar-refractivity contribution in [3.63, 3.8) is 0 Å². The van der Waals surface area contributed by atoms with Crippen molar-refractivity contribution in [3.05, 3.63) is 32.5 Å². The molecule has 2 heterocycles. The maximum atomic E-state index is 5.30. The summed E-state index contributed by atoms with van der Waals surface area (Å²) in [6, 6.07) is 2.10. The van der Waals surface area contributed by atoms with Crippen molar-refractivity contribution in [2.45, 2.75) is 44.9 Å². The molecular weight excluding hydrogens is 288 g/mol. The zero-order valence-electron chi connectivity index (χ0n) is 11.5. The van der Waals surface area contributed by atoms with Crippen LogP contribution in [0.1, 0.15) is 54.3 Å². The fourth-order valence-electron chi connectivity index (χ4n) is 2.67. The van der Waals surface area contributed by atoms with E-state index in [9.17, 15) is 0 Å². The van der Waals surface area contributed by atoms with Crippen LogP contribution in [0.15, 0.2) is 16.5 Å². The summed E-state index contributed by atoms with van der Waals surface area (Å²) in [4.78, 5) is 1.17. The molecule has 4 nitrogen and oxygen atoms in total. The number of rotatable bonds is 3. The van der Waals surface area contributed by atoms with Gasteiger partial charge in [0.15, 0.2) is 5.82 Å². The summed E-state index contributed by atoms with van der Waals surface area (Å²) in [6.45, 7) is 2.09. The maximum Gasteiger partial charge on any atom is 0.216 e. The number of nitrogens with one attached hydrogen (secondary N) is 1. The number of aromatic nitrogens is 3. The SMILES string of the molecule is Cc1ccsc1/C=N/n1c(C2CCCCC2)n[nH]c1=S. The number of aryl methyl sites for hydroxylation is 1. The van der Waals surface area contributed by atoms with E-state index in [1.54, 1.807) is 16.0 Å². The molecule has 106 valence electrons. The van der Waals surface area contributed by atoms with Crippen LogP contribution in [0.3, 0.4) is 0 Å². The van der Waals surface area contributed by atoms with Gasteiger partial charge >= 0.3 is 0 Å². The van der Waals surface area contributed by atoms with Crippen molar-refractivity contribution in [2.75, 3.05) is 0 Å². The average Bonchev–Trinajstić information content (AvgIpc) is 3.04. The molecule has 2 aromatic heterocycles. The third kappa shape index (κ3) is 2.76. The fourth-order valence-corrected chi connectivity index (χ4v) is 3.63. The Morgan fingerprint density at radius 1 is 1.45 bits per heavy atom. The first-order chi connectivity index (χ1) is 9.75. The quantitative estimate of drug-likeness (QED) is 0.681. The minimum Gasteiger partial charge on any atom is -0.250 e. The number of H-pyrrole nitrogens is 1. The first kappa shape index (κ1) is 13.7. The largest absolute Gasteiger partial charge is 0.250 e. The highest BCUT2D eigenvalue weighted by atomic mass is 32.1. The van der Waals surface area contributed by atoms with Crippen molar-refractivity contribution in [2.24, 2.45) is 5.10 Å². The molecular formula is C14H18N4S2. The van der Waals surface area contributed by atoms with E-state index in [2.05, 4.69) is 33.7 Å². The Morgan fingerprint density at radius 3 is 2.95 bits per heavy atom. The highest BCUT2D eigenvalue weighted by Gasteiger charge is 2.21. The molecule has 2 aromatic rings. The van der Waals surface area contributed by atoms with E-state index in [0.717, 1.165) is 5.82 Å². The molecule has 1 N–H and O–H groups in total. The molecule has 20 heavy (non-hydrogen) atoms. The number of hydrogen-bond acceptors (Lipinski definition) is 4. The van der Waals surface area contributed by atoms with E-state index in [1.807, 2.05) is 6.21 Å². The van der Waals surface area contributed by atoms with E-state index < -0.39 is 0 Å². The molecule has 0 unspecified atom stereocenters. The highest BCUT2D eigenvalue weighted by Crippen LogP contribution is 2.31. The minimum absolute atomic E-state index is 0.485. The van der Waals surface area contributed by atoms with Crippen LogP contribution in [0.2, 0.25) is 0 Å². The second-order valence-electron chi connectivity index (χ2n) is 5.25. The van der Waals surface area contributed by atoms with Gasteiger partial charge in [0.25, 0.3) is 0 Å². The molecule has 0 atom stereocenters. The van der Waals surface area contributed by atoms with Gasteiger partial charge in [-0.05, 0) is 49.0 Å². The average molecular weight is 306 g/mol. The summed E-state index contributed by atoms with van der Waals surface area (Å²) >= 11 is 7.00. The van der Waals surface area contributed by atoms with E-state index in [0.29, 0.717) is 10.7 Å². The zero-order chi connectivity index (χ0) is 13.9. The van der Waals surface area contributed by atoms with Gasteiger partial charge in [0.1, 0.15) is 0 Å². The second kappa shape index (κ2) is 6.01. The van der Waals surface area contributed by atoms with Crippen LogP contribution in [0.5, 0.6) is 0 Å². The smallest absolute Gasteiger partial charge is 0.216 e. The Morgan fingerprint density at radius 2 is 2.25 bits per heavy atom. The van der Waals surface area contributed by atoms with Gasteiger partial charge in [0, 0.05) is 5.92 Å². The summed E-state index contributed by atoms with van der Waals surface area (Å²) in [5, 5.41) is 13.9. The van der Waals surface area contributed by atoms with Crippen LogP contribution in [-0.4, -0.2) is 21.1 Å². The number of nitrogens with zero attached hydrogens (tertiary/aromatic N) is 3. The van der Waals surface area contributed by atoms with Crippen LogP contribution < -0.4 is 0 Å². The van der Waals surface area contributed by atoms with Gasteiger partial charge in [-0.2, -0.15) is 14.9 Å². The van der Waals surface area contributed by atoms with Gasteiger partial charge in [-0.25, -0.2) is 0 Å². The third-order valence-electron chi connectivity index (χ3n) is 3.84. The van der Waals surface area contributed by atoms with Gasteiger partial charge in [0.2, 0.25) is 4.77 Å². The standard InChI is InChI=1S/C14H18N4S2/c1-10-7-8-20-12(10)9-15-18-13(16-17-14(18)19)11-5-3-2-4-6-11/h7-9,11H,2-6H2,1H3,(H,17,19)/b15-9+. The number of aromatic amines is 1. The van der Waals surface area contributed by atoms with Crippen molar-refractivity contribution in [1.82, 2.24) is 14.9 Å². The van der Waals surface area contributed by atoms with Crippen LogP contribution >= 0.6 is 23.6 Å². The molecule has 1 fully saturated rings. The lowest BCUT2D eigenvalue weighted by atomic mass is 9.89. The Labute approximate surface area is 127 Å². The predicted octanol–water partition coefficient (Wildman–Crippen LogP) is 4.24. The summed E-state index contributed by atoms with van der Waals surface area (Å²) in [6.07, 6.45) is 8.15. The lowest BCUT2D eigenvalue weighted by Crippen LogP contribution is -2.10. The molecule has 0 aliphatic heterocycles. The molecule has 0 amide bonds. The van der Waals surface area contributed by atoms with Crippen LogP contribution in [0.4, 0.5) is 0 Å². The monoisotopic (exact) mass is 306 g/mol. The van der Waals surface area contributed by atoms with Gasteiger partial charge in [0.05, 0.1) is 11.1 Å². The minimum atomic E-state index is 0.485. The number of hydrogen-bond donors (Lipinski definition) is 1. The molecule has 6 heteroatoms. The molecule has 0 saturated heterocycles. The van der Waals surface area contributed by atoms with E-state index in [-0.39, 0.29) is 0 Å². The molecule has 1 aliphatic carbocycles. The Hall–Kier alpha value is -1.27. The lowest BCUT2D eigenvalue weighted by Gasteiger charge is -2.19. The van der Waals surface area contributed by atoms with Crippen molar-refractivity contribution in [1.29, 1.82) is 0 Å². The second-order valence-corrected chi connectivity index (χ2v) is 6.58. The van der Waals surface area contributed by atoms with Gasteiger partial charge in [-0.1, -0.05) is 19.3 Å². The van der Waals surface area contributed by atoms with Gasteiger partial charge in [-0.3, -0.25) is 5.10 Å². The summed E-state index contributed by atoms with van der Waals surface area (Å²) in [7, 11) is 0. The van der Waals surface area contributed by atoms with Crippen molar-refractivity contribution < 1.29 is 0 Å². The van der Waals surface area contributed by atoms with Gasteiger partial charge in [-0.15, -0.1) is 11.3 Å². The molecule has 0 aromatic carbocycles. The Bertz CT molecular complexity index is 659. The molecule has 3 rings (SSSR count). The molecule has 1 saturated carbocycles. The predicted molar refractivity (Wildman–Crippen MR) is 85.3 cm³/mol. The van der Waals surface area contributed by atoms with Crippen molar-refractivity contribution in [3.8, 4) is 0 Å². The Kier molecular flexibility index (Phi) is 4.12. The molecule has 0 bridgehead atoms. The first-order valence-corrected chi connectivity index (χ1v) is 8.30. The highest BCUT2D eigenvalue weighted by molar-refractivity contribution is 7.71. The summed E-state index contributed by atoms with van der Waals surface area (Å²) in [5.41, 5.74) is 1.24. The van der Waals surface area contributed by atoms with E-state index in [4.69, 9.17) is 12.2 Å². The van der Waals surface area contributed by atoms with Crippen LogP contribution in [0.25, 0.3) is 0 Å². The number of thiophene rings is 1. The lowest BCUT2D eigenvalue weighted by molar-refractivity contribution is 0.419. The molecule has 0 spiro atoms. The summed E-state index contributed by atoms with van der Waals surface area (Å²) < 4.78 is 2.38. The summed E-state index contributed by atoms with van der Waals surface area (Å²) in [5.74, 6) is 1.47. The van der Waals surface area contributed by atoms with Crippen LogP contribution in [0, 0.1) is 11.7 Å². The van der Waals surface area contributed by atoms with Crippen LogP contribution in [-0.2, 0) is 0 Å². The van der Waals surface area contributed by atoms with Crippen molar-refractivity contribution >= 4 is 29.8 Å². The normalized spacial score (nSPS) is 17.1. The maximum absolute atomic E-state index is 5.30. The molecule has 0 radical (unpaired) electrons. The van der Waals surface area contributed by atoms with E-state index >= 15 is 0 Å². The molecule has 1 aliphatic rings. The zero-order valence-corrected chi connectivity index (χ0v) is 13.1. The third-order valence-corrected chi connectivity index (χ3v) is 5.06. The fraction of sp³-hybridized carbons (Fsp3) is 0.500.